The van der Waals surface area contributed by atoms with Crippen LogP contribution in [-0.2, 0) is 11.2 Å². The zero-order valence-corrected chi connectivity index (χ0v) is 18.0. The second-order valence-electron chi connectivity index (χ2n) is 7.46. The number of aromatic nitrogens is 2. The highest BCUT2D eigenvalue weighted by Crippen LogP contribution is 2.25. The second-order valence-corrected chi connectivity index (χ2v) is 7.46. The summed E-state index contributed by atoms with van der Waals surface area (Å²) < 4.78 is 34.3. The van der Waals surface area contributed by atoms with Crippen LogP contribution in [0, 0.1) is 11.6 Å². The van der Waals surface area contributed by atoms with E-state index in [1.807, 2.05) is 6.08 Å². The third-order valence-electron chi connectivity index (χ3n) is 4.91. The quantitative estimate of drug-likeness (QED) is 0.263. The first-order valence-electron chi connectivity index (χ1n) is 10.8. The van der Waals surface area contributed by atoms with E-state index in [9.17, 15) is 8.78 Å². The molecule has 0 N–H and O–H groups in total. The highest BCUT2D eigenvalue weighted by Gasteiger charge is 2.15. The van der Waals surface area contributed by atoms with Gasteiger partial charge in [0.15, 0.2) is 11.6 Å². The van der Waals surface area contributed by atoms with Gasteiger partial charge in [-0.1, -0.05) is 38.0 Å². The Morgan fingerprint density at radius 3 is 2.60 bits per heavy atom. The second kappa shape index (κ2) is 13.0. The van der Waals surface area contributed by atoms with Gasteiger partial charge in [0.1, 0.15) is 0 Å². The third-order valence-corrected chi connectivity index (χ3v) is 4.91. The van der Waals surface area contributed by atoms with Crippen molar-refractivity contribution in [3.8, 4) is 11.3 Å². The summed E-state index contributed by atoms with van der Waals surface area (Å²) in [6, 6.07) is 6.50. The number of allylic oxidation sites excluding steroid dienone is 2. The van der Waals surface area contributed by atoms with Crippen LogP contribution in [-0.4, -0.2) is 22.9 Å². The average molecular weight is 415 g/mol. The van der Waals surface area contributed by atoms with Gasteiger partial charge in [0.25, 0.3) is 0 Å². The average Bonchev–Trinajstić information content (AvgIpc) is 2.75. The van der Waals surface area contributed by atoms with E-state index in [2.05, 4.69) is 36.7 Å². The van der Waals surface area contributed by atoms with Crippen LogP contribution in [0.3, 0.4) is 0 Å². The molecular weight excluding hydrogens is 382 g/mol. The van der Waals surface area contributed by atoms with Crippen molar-refractivity contribution >= 4 is 6.08 Å². The number of halogens is 2. The summed E-state index contributed by atoms with van der Waals surface area (Å²) >= 11 is 0. The third kappa shape index (κ3) is 7.45. The molecule has 1 heterocycles. The molecule has 0 spiro atoms. The van der Waals surface area contributed by atoms with Crippen molar-refractivity contribution in [3.63, 3.8) is 0 Å². The standard InChI is InChI=1S/C25H32F2N2O/c1-4-6-10-18-30-19(3)12-8-7-9-13-21-15-17-23(29-28-21)22-16-14-20(11-5-2)24(26)25(22)27/h5,9,13-17,19H,2,4,6-8,10-12,18H2,1,3H3/b13-9+. The molecule has 1 unspecified atom stereocenters. The maximum absolute atomic E-state index is 14.3. The highest BCUT2D eigenvalue weighted by molar-refractivity contribution is 5.61. The number of benzene rings is 1. The van der Waals surface area contributed by atoms with E-state index in [1.165, 1.54) is 18.9 Å². The number of rotatable bonds is 13. The van der Waals surface area contributed by atoms with Gasteiger partial charge < -0.3 is 4.74 Å². The maximum Gasteiger partial charge on any atom is 0.168 e. The monoisotopic (exact) mass is 414 g/mol. The molecule has 1 aromatic heterocycles. The van der Waals surface area contributed by atoms with Gasteiger partial charge in [0.2, 0.25) is 0 Å². The normalized spacial score (nSPS) is 12.4. The fourth-order valence-electron chi connectivity index (χ4n) is 3.12. The molecule has 0 amide bonds. The lowest BCUT2D eigenvalue weighted by atomic mass is 10.0. The zero-order valence-electron chi connectivity index (χ0n) is 18.0. The van der Waals surface area contributed by atoms with Crippen molar-refractivity contribution in [2.24, 2.45) is 0 Å². The lowest BCUT2D eigenvalue weighted by molar-refractivity contribution is 0.0566. The van der Waals surface area contributed by atoms with E-state index in [4.69, 9.17) is 4.74 Å². The molecule has 0 fully saturated rings. The Morgan fingerprint density at radius 2 is 1.90 bits per heavy atom. The van der Waals surface area contributed by atoms with Crippen LogP contribution in [0.5, 0.6) is 0 Å². The smallest absolute Gasteiger partial charge is 0.168 e. The Hall–Kier alpha value is -2.40. The minimum absolute atomic E-state index is 0.108. The van der Waals surface area contributed by atoms with Gasteiger partial charge in [-0.25, -0.2) is 8.78 Å². The first-order valence-corrected chi connectivity index (χ1v) is 10.8. The van der Waals surface area contributed by atoms with Crippen LogP contribution < -0.4 is 0 Å². The van der Waals surface area contributed by atoms with Crippen LogP contribution in [0.2, 0.25) is 0 Å². The summed E-state index contributed by atoms with van der Waals surface area (Å²) in [7, 11) is 0. The number of ether oxygens (including phenoxy) is 1. The number of hydrogen-bond acceptors (Lipinski definition) is 3. The molecule has 0 saturated carbocycles. The summed E-state index contributed by atoms with van der Waals surface area (Å²) in [6.45, 7) is 8.70. The lowest BCUT2D eigenvalue weighted by Crippen LogP contribution is -2.08. The SMILES string of the molecule is C=CCc1ccc(-c2ccc(/C=C/CCCC(C)OCCCCC)nn2)c(F)c1F. The van der Waals surface area contributed by atoms with Crippen molar-refractivity contribution in [2.45, 2.75) is 64.9 Å². The molecule has 3 nitrogen and oxygen atoms in total. The minimum atomic E-state index is -0.905. The molecule has 162 valence electrons. The van der Waals surface area contributed by atoms with Crippen LogP contribution in [0.25, 0.3) is 17.3 Å². The van der Waals surface area contributed by atoms with Crippen molar-refractivity contribution < 1.29 is 13.5 Å². The minimum Gasteiger partial charge on any atom is -0.379 e. The van der Waals surface area contributed by atoms with Crippen molar-refractivity contribution in [1.82, 2.24) is 10.2 Å². The van der Waals surface area contributed by atoms with Crippen molar-refractivity contribution in [2.75, 3.05) is 6.61 Å². The largest absolute Gasteiger partial charge is 0.379 e. The van der Waals surface area contributed by atoms with Gasteiger partial charge in [-0.2, -0.15) is 5.10 Å². The Balaban J connectivity index is 1.83. The first-order chi connectivity index (χ1) is 14.6. The summed E-state index contributed by atoms with van der Waals surface area (Å²) in [5.41, 5.74) is 1.38. The summed E-state index contributed by atoms with van der Waals surface area (Å²) in [5.74, 6) is -1.76. The maximum atomic E-state index is 14.3. The molecule has 0 aliphatic rings. The van der Waals surface area contributed by atoms with E-state index in [0.29, 0.717) is 11.4 Å². The molecule has 2 aromatic rings. The summed E-state index contributed by atoms with van der Waals surface area (Å²) in [6.07, 6.45) is 12.6. The van der Waals surface area contributed by atoms with Crippen LogP contribution in [0.15, 0.2) is 43.0 Å². The fraction of sp³-hybridized carbons (Fsp3) is 0.440. The summed E-state index contributed by atoms with van der Waals surface area (Å²) in [5, 5.41) is 8.16. The Kier molecular flexibility index (Phi) is 10.4. The van der Waals surface area contributed by atoms with E-state index in [0.717, 1.165) is 32.3 Å². The van der Waals surface area contributed by atoms with Gasteiger partial charge in [0.05, 0.1) is 17.5 Å². The fourth-order valence-corrected chi connectivity index (χ4v) is 3.12. The van der Waals surface area contributed by atoms with Gasteiger partial charge in [-0.05, 0) is 68.9 Å². The molecule has 0 aliphatic heterocycles. The molecule has 0 bridgehead atoms. The number of unbranched alkanes of at least 4 members (excludes halogenated alkanes) is 3. The van der Waals surface area contributed by atoms with Gasteiger partial charge in [-0.15, -0.1) is 11.7 Å². The molecule has 30 heavy (non-hydrogen) atoms. The summed E-state index contributed by atoms with van der Waals surface area (Å²) in [4.78, 5) is 0. The van der Waals surface area contributed by atoms with E-state index >= 15 is 0 Å². The van der Waals surface area contributed by atoms with E-state index in [-0.39, 0.29) is 23.7 Å². The lowest BCUT2D eigenvalue weighted by Gasteiger charge is -2.11. The Bertz CT molecular complexity index is 819. The topological polar surface area (TPSA) is 35.0 Å². The highest BCUT2D eigenvalue weighted by atomic mass is 19.2. The van der Waals surface area contributed by atoms with Crippen LogP contribution >= 0.6 is 0 Å². The molecule has 1 aromatic carbocycles. The van der Waals surface area contributed by atoms with Crippen molar-refractivity contribution in [1.29, 1.82) is 0 Å². The first kappa shape index (κ1) is 23.9. The van der Waals surface area contributed by atoms with Crippen molar-refractivity contribution in [3.05, 3.63) is 65.9 Å². The van der Waals surface area contributed by atoms with E-state index in [1.54, 1.807) is 24.3 Å². The van der Waals surface area contributed by atoms with Gasteiger partial charge >= 0.3 is 0 Å². The predicted octanol–water partition coefficient (Wildman–Crippen LogP) is 6.93. The Labute approximate surface area is 178 Å². The number of nitrogens with zero attached hydrogens (tertiary/aromatic N) is 2. The van der Waals surface area contributed by atoms with Crippen LogP contribution in [0.1, 0.15) is 63.6 Å². The van der Waals surface area contributed by atoms with Gasteiger partial charge in [0, 0.05) is 12.2 Å². The number of hydrogen-bond donors (Lipinski definition) is 0. The molecule has 5 heteroatoms. The zero-order chi connectivity index (χ0) is 21.8. The molecule has 2 rings (SSSR count). The molecule has 1 atom stereocenters. The van der Waals surface area contributed by atoms with Crippen LogP contribution in [0.4, 0.5) is 8.78 Å². The predicted molar refractivity (Wildman–Crippen MR) is 119 cm³/mol. The van der Waals surface area contributed by atoms with E-state index < -0.39 is 11.6 Å². The Morgan fingerprint density at radius 1 is 1.07 bits per heavy atom. The molecule has 0 radical (unpaired) electrons. The molecular formula is C25H32F2N2O. The molecule has 0 saturated heterocycles. The van der Waals surface area contributed by atoms with Gasteiger partial charge in [-0.3, -0.25) is 0 Å². The molecule has 0 aliphatic carbocycles.